The fourth-order valence-corrected chi connectivity index (χ4v) is 5.24. The van der Waals surface area contributed by atoms with Gasteiger partial charge in [-0.2, -0.15) is 4.99 Å². The SMILES string of the molecule is CCCCC1CCC(C2CCC(C#Cc3cc(F)c(N=C=S)c(F)c3)CC2)CC1. The van der Waals surface area contributed by atoms with E-state index in [1.54, 1.807) is 0 Å². The van der Waals surface area contributed by atoms with Crippen LogP contribution in [-0.2, 0) is 0 Å². The highest BCUT2D eigenvalue weighted by Gasteiger charge is 2.30. The third kappa shape index (κ3) is 6.21. The minimum absolute atomic E-state index is 0.330. The number of benzene rings is 1. The Kier molecular flexibility index (Phi) is 8.40. The molecule has 156 valence electrons. The second-order valence-corrected chi connectivity index (χ2v) is 8.98. The van der Waals surface area contributed by atoms with Crippen molar-refractivity contribution >= 4 is 23.1 Å². The van der Waals surface area contributed by atoms with Crippen LogP contribution in [0, 0.1) is 47.1 Å². The maximum absolute atomic E-state index is 13.9. The molecule has 0 N–H and O–H groups in total. The third-order valence-electron chi connectivity index (χ3n) is 6.89. The molecule has 1 aromatic carbocycles. The molecule has 0 saturated heterocycles. The maximum Gasteiger partial charge on any atom is 0.153 e. The van der Waals surface area contributed by atoms with E-state index in [0.29, 0.717) is 11.5 Å². The summed E-state index contributed by atoms with van der Waals surface area (Å²) in [4.78, 5) is 3.44. The highest BCUT2D eigenvalue weighted by atomic mass is 32.1. The lowest BCUT2D eigenvalue weighted by Gasteiger charge is -2.37. The summed E-state index contributed by atoms with van der Waals surface area (Å²) in [6, 6.07) is 2.45. The van der Waals surface area contributed by atoms with E-state index in [0.717, 1.165) is 30.6 Å². The zero-order valence-electron chi connectivity index (χ0n) is 17.4. The van der Waals surface area contributed by atoms with Gasteiger partial charge in [-0.05, 0) is 80.6 Å². The first-order valence-corrected chi connectivity index (χ1v) is 11.6. The minimum Gasteiger partial charge on any atom is -0.204 e. The first kappa shape index (κ1) is 22.1. The fraction of sp³-hybridized carbons (Fsp3) is 0.640. The van der Waals surface area contributed by atoms with Gasteiger partial charge >= 0.3 is 0 Å². The number of unbranched alkanes of at least 4 members (excludes halogenated alkanes) is 1. The Bertz CT molecular complexity index is 764. The molecule has 1 nitrogen and oxygen atoms in total. The summed E-state index contributed by atoms with van der Waals surface area (Å²) in [5.74, 6) is 7.77. The van der Waals surface area contributed by atoms with Crippen LogP contribution in [0.4, 0.5) is 14.5 Å². The smallest absolute Gasteiger partial charge is 0.153 e. The lowest BCUT2D eigenvalue weighted by Crippen LogP contribution is -2.25. The van der Waals surface area contributed by atoms with Crippen molar-refractivity contribution in [1.29, 1.82) is 0 Å². The van der Waals surface area contributed by atoms with E-state index in [-0.39, 0.29) is 0 Å². The summed E-state index contributed by atoms with van der Waals surface area (Å²) in [6.07, 6.45) is 14.5. The predicted molar refractivity (Wildman–Crippen MR) is 118 cm³/mol. The van der Waals surface area contributed by atoms with E-state index in [9.17, 15) is 8.78 Å². The summed E-state index contributed by atoms with van der Waals surface area (Å²) in [7, 11) is 0. The van der Waals surface area contributed by atoms with Gasteiger partial charge in [0.05, 0.1) is 5.16 Å². The van der Waals surface area contributed by atoms with Crippen LogP contribution in [0.15, 0.2) is 17.1 Å². The third-order valence-corrected chi connectivity index (χ3v) is 6.98. The Labute approximate surface area is 179 Å². The Morgan fingerprint density at radius 1 is 0.966 bits per heavy atom. The first-order valence-electron chi connectivity index (χ1n) is 11.2. The minimum atomic E-state index is -0.745. The topological polar surface area (TPSA) is 12.4 Å². The Morgan fingerprint density at radius 3 is 2.10 bits per heavy atom. The molecule has 29 heavy (non-hydrogen) atoms. The lowest BCUT2D eigenvalue weighted by atomic mass is 9.69. The van der Waals surface area contributed by atoms with Gasteiger partial charge in [0.2, 0.25) is 0 Å². The molecule has 1 aromatic rings. The van der Waals surface area contributed by atoms with Gasteiger partial charge < -0.3 is 0 Å². The van der Waals surface area contributed by atoms with E-state index < -0.39 is 17.3 Å². The van der Waals surface area contributed by atoms with Crippen molar-refractivity contribution < 1.29 is 8.78 Å². The van der Waals surface area contributed by atoms with Gasteiger partial charge in [-0.25, -0.2) is 8.78 Å². The molecule has 3 rings (SSSR count). The zero-order chi connectivity index (χ0) is 20.6. The molecule has 0 amide bonds. The van der Waals surface area contributed by atoms with Crippen LogP contribution >= 0.6 is 12.2 Å². The number of aliphatic imine (C=N–C) groups is 1. The van der Waals surface area contributed by atoms with Gasteiger partial charge in [-0.3, -0.25) is 0 Å². The Balaban J connectivity index is 1.49. The second-order valence-electron chi connectivity index (χ2n) is 8.80. The Hall–Kier alpha value is -1.56. The molecular formula is C25H31F2NS. The van der Waals surface area contributed by atoms with E-state index in [1.165, 1.54) is 69.9 Å². The summed E-state index contributed by atoms with van der Waals surface area (Å²) in [5, 5.41) is 2.00. The largest absolute Gasteiger partial charge is 0.204 e. The van der Waals surface area contributed by atoms with E-state index in [1.807, 2.05) is 5.16 Å². The number of hydrogen-bond acceptors (Lipinski definition) is 2. The number of isothiocyanates is 1. The van der Waals surface area contributed by atoms with Crippen molar-refractivity contribution in [3.05, 3.63) is 29.3 Å². The summed E-state index contributed by atoms with van der Waals surface area (Å²) >= 11 is 4.42. The number of thiocarbonyl (C=S) groups is 1. The molecule has 2 fully saturated rings. The van der Waals surface area contributed by atoms with Crippen LogP contribution < -0.4 is 0 Å². The number of nitrogens with zero attached hydrogens (tertiary/aromatic N) is 1. The molecule has 2 aliphatic carbocycles. The van der Waals surface area contributed by atoms with Gasteiger partial charge in [0.25, 0.3) is 0 Å². The lowest BCUT2D eigenvalue weighted by molar-refractivity contribution is 0.153. The van der Waals surface area contributed by atoms with Crippen LogP contribution in [-0.4, -0.2) is 5.16 Å². The average Bonchev–Trinajstić information content (AvgIpc) is 2.74. The normalized spacial score (nSPS) is 26.9. The predicted octanol–water partition coefficient (Wildman–Crippen LogP) is 7.85. The zero-order valence-corrected chi connectivity index (χ0v) is 18.2. The summed E-state index contributed by atoms with van der Waals surface area (Å²) in [6.45, 7) is 2.28. The van der Waals surface area contributed by atoms with Crippen molar-refractivity contribution in [2.45, 2.75) is 77.6 Å². The van der Waals surface area contributed by atoms with Gasteiger partial charge in [0, 0.05) is 11.5 Å². The molecule has 0 unspecified atom stereocenters. The molecule has 4 heteroatoms. The van der Waals surface area contributed by atoms with E-state index in [2.05, 4.69) is 36.0 Å². The first-order chi connectivity index (χ1) is 14.1. The van der Waals surface area contributed by atoms with Crippen LogP contribution in [0.1, 0.15) is 83.1 Å². The van der Waals surface area contributed by atoms with Crippen molar-refractivity contribution in [3.63, 3.8) is 0 Å². The fourth-order valence-electron chi connectivity index (χ4n) is 5.15. The molecule has 2 saturated carbocycles. The molecule has 0 bridgehead atoms. The molecule has 0 spiro atoms. The molecule has 2 aliphatic rings. The molecule has 0 aromatic heterocycles. The van der Waals surface area contributed by atoms with Crippen molar-refractivity contribution in [2.24, 2.45) is 28.7 Å². The van der Waals surface area contributed by atoms with E-state index >= 15 is 0 Å². The monoisotopic (exact) mass is 415 g/mol. The van der Waals surface area contributed by atoms with Crippen LogP contribution in [0.25, 0.3) is 0 Å². The van der Waals surface area contributed by atoms with Crippen molar-refractivity contribution in [3.8, 4) is 11.8 Å². The van der Waals surface area contributed by atoms with Gasteiger partial charge in [-0.1, -0.05) is 50.9 Å². The van der Waals surface area contributed by atoms with Crippen molar-refractivity contribution in [1.82, 2.24) is 0 Å². The molecule has 0 heterocycles. The van der Waals surface area contributed by atoms with Gasteiger partial charge in [0.1, 0.15) is 5.69 Å². The van der Waals surface area contributed by atoms with Gasteiger partial charge in [0.15, 0.2) is 11.6 Å². The van der Waals surface area contributed by atoms with Gasteiger partial charge in [-0.15, -0.1) is 0 Å². The standard InChI is InChI=1S/C25H31F2NS/c1-2-3-4-18-7-11-21(12-8-18)22-13-9-19(10-14-22)5-6-20-15-23(26)25(28-17-29)24(27)16-20/h15-16,18-19,21-22H,2-4,7-14H2,1H3. The van der Waals surface area contributed by atoms with Crippen LogP contribution in [0.3, 0.4) is 0 Å². The molecule has 0 atom stereocenters. The average molecular weight is 416 g/mol. The second kappa shape index (κ2) is 11.0. The highest BCUT2D eigenvalue weighted by molar-refractivity contribution is 7.78. The quantitative estimate of drug-likeness (QED) is 0.271. The summed E-state index contributed by atoms with van der Waals surface area (Å²) in [5.41, 5.74) is -0.0358. The van der Waals surface area contributed by atoms with E-state index in [4.69, 9.17) is 0 Å². The highest BCUT2D eigenvalue weighted by Crippen LogP contribution is 2.42. The molecule has 0 aliphatic heterocycles. The van der Waals surface area contributed by atoms with Crippen molar-refractivity contribution in [2.75, 3.05) is 0 Å². The molecule has 0 radical (unpaired) electrons. The Morgan fingerprint density at radius 2 is 1.55 bits per heavy atom. The number of hydrogen-bond donors (Lipinski definition) is 0. The maximum atomic E-state index is 13.9. The summed E-state index contributed by atoms with van der Waals surface area (Å²) < 4.78 is 27.9. The number of rotatable bonds is 5. The van der Waals surface area contributed by atoms with Crippen LogP contribution in [0.5, 0.6) is 0 Å². The van der Waals surface area contributed by atoms with Crippen LogP contribution in [0.2, 0.25) is 0 Å². The number of halogens is 2. The molecular weight excluding hydrogens is 384 g/mol.